The van der Waals surface area contributed by atoms with Gasteiger partial charge in [0.25, 0.3) is 0 Å². The van der Waals surface area contributed by atoms with E-state index in [-0.39, 0.29) is 0 Å². The van der Waals surface area contributed by atoms with Crippen LogP contribution in [0.5, 0.6) is 0 Å². The molecule has 4 heteroatoms. The largest absolute Gasteiger partial charge is 0.377 e. The maximum atomic E-state index is 10.1. The van der Waals surface area contributed by atoms with Crippen molar-refractivity contribution in [2.45, 2.75) is 6.10 Å². The van der Waals surface area contributed by atoms with E-state index in [1.165, 1.54) is 0 Å². The van der Waals surface area contributed by atoms with Crippen LogP contribution in [0.4, 0.5) is 0 Å². The van der Waals surface area contributed by atoms with Crippen molar-refractivity contribution in [3.05, 3.63) is 0 Å². The highest BCUT2D eigenvalue weighted by molar-refractivity contribution is 5.56. The molecule has 0 bridgehead atoms. The molecule has 1 heterocycles. The van der Waals surface area contributed by atoms with E-state index >= 15 is 0 Å². The summed E-state index contributed by atoms with van der Waals surface area (Å²) in [6, 6.07) is 0. The first-order valence-electron chi connectivity index (χ1n) is 2.85. The Morgan fingerprint density at radius 2 is 2.56 bits per heavy atom. The van der Waals surface area contributed by atoms with Crippen molar-refractivity contribution in [3.63, 3.8) is 0 Å². The molecule has 0 aromatic carbocycles. The van der Waals surface area contributed by atoms with Crippen molar-refractivity contribution < 1.29 is 14.4 Å². The Bertz CT molecular complexity index is 88.2. The lowest BCUT2D eigenvalue weighted by Gasteiger charge is -2.03. The van der Waals surface area contributed by atoms with E-state index in [0.29, 0.717) is 19.8 Å². The normalized spacial score (nSPS) is 29.1. The predicted molar refractivity (Wildman–Crippen MR) is 29.8 cm³/mol. The molecule has 0 aromatic rings. The van der Waals surface area contributed by atoms with Crippen LogP contribution < -0.4 is 5.48 Å². The number of aldehydes is 1. The number of ether oxygens (including phenoxy) is 1. The summed E-state index contributed by atoms with van der Waals surface area (Å²) in [7, 11) is 0. The lowest BCUT2D eigenvalue weighted by molar-refractivity contribution is -0.124. The quantitative estimate of drug-likeness (QED) is 0.469. The molecule has 9 heavy (non-hydrogen) atoms. The molecule has 0 aliphatic carbocycles. The van der Waals surface area contributed by atoms with Crippen molar-refractivity contribution in [3.8, 4) is 0 Å². The highest BCUT2D eigenvalue weighted by Gasteiger charge is 2.10. The number of nitrogens with one attached hydrogen (secondary N) is 1. The van der Waals surface area contributed by atoms with Crippen LogP contribution in [0.15, 0.2) is 0 Å². The van der Waals surface area contributed by atoms with Gasteiger partial charge in [-0.3, -0.25) is 4.84 Å². The molecular weight excluding hydrogens is 122 g/mol. The van der Waals surface area contributed by atoms with Crippen molar-refractivity contribution in [2.24, 2.45) is 0 Å². The fourth-order valence-corrected chi connectivity index (χ4v) is 0.580. The van der Waals surface area contributed by atoms with Gasteiger partial charge in [0.1, 0.15) is 0 Å². The predicted octanol–water partition coefficient (Wildman–Crippen LogP) is -0.895. The minimum atomic E-state index is -0.438. The average molecular weight is 131 g/mol. The first kappa shape index (κ1) is 6.67. The standard InChI is InChI=1S/C5H9NO3/c7-3-5-4-8-2-1-6-9-5/h3,5-6H,1-2,4H2. The highest BCUT2D eigenvalue weighted by atomic mass is 16.7. The molecule has 1 rings (SSSR count). The highest BCUT2D eigenvalue weighted by Crippen LogP contribution is 1.90. The zero-order valence-corrected chi connectivity index (χ0v) is 5.00. The van der Waals surface area contributed by atoms with Gasteiger partial charge in [-0.15, -0.1) is 0 Å². The van der Waals surface area contributed by atoms with Crippen LogP contribution in [0.3, 0.4) is 0 Å². The summed E-state index contributed by atoms with van der Waals surface area (Å²) in [6.07, 6.45) is 0.283. The van der Waals surface area contributed by atoms with Gasteiger partial charge in [-0.05, 0) is 0 Å². The smallest absolute Gasteiger partial charge is 0.157 e. The van der Waals surface area contributed by atoms with Crippen LogP contribution in [0, 0.1) is 0 Å². The van der Waals surface area contributed by atoms with Crippen molar-refractivity contribution >= 4 is 6.29 Å². The summed E-state index contributed by atoms with van der Waals surface area (Å²) >= 11 is 0. The fraction of sp³-hybridized carbons (Fsp3) is 0.800. The molecule has 0 spiro atoms. The van der Waals surface area contributed by atoms with Crippen LogP contribution in [0.1, 0.15) is 0 Å². The van der Waals surface area contributed by atoms with Crippen molar-refractivity contribution in [2.75, 3.05) is 19.8 Å². The Morgan fingerprint density at radius 1 is 1.67 bits per heavy atom. The lowest BCUT2D eigenvalue weighted by atomic mass is 10.4. The van der Waals surface area contributed by atoms with E-state index in [1.807, 2.05) is 0 Å². The SMILES string of the molecule is O=CC1COCCNO1. The van der Waals surface area contributed by atoms with Gasteiger partial charge in [0, 0.05) is 6.54 Å². The van der Waals surface area contributed by atoms with E-state index in [9.17, 15) is 4.79 Å². The van der Waals surface area contributed by atoms with Crippen LogP contribution in [0.25, 0.3) is 0 Å². The fourth-order valence-electron chi connectivity index (χ4n) is 0.580. The Labute approximate surface area is 53.1 Å². The lowest BCUT2D eigenvalue weighted by Crippen LogP contribution is -2.25. The maximum Gasteiger partial charge on any atom is 0.157 e. The molecule has 0 saturated carbocycles. The molecule has 0 amide bonds. The van der Waals surface area contributed by atoms with Crippen molar-refractivity contribution in [1.82, 2.24) is 5.48 Å². The van der Waals surface area contributed by atoms with Gasteiger partial charge in [0.2, 0.25) is 0 Å². The van der Waals surface area contributed by atoms with Crippen molar-refractivity contribution in [1.29, 1.82) is 0 Å². The van der Waals surface area contributed by atoms with Crippen LogP contribution in [-0.2, 0) is 14.4 Å². The van der Waals surface area contributed by atoms with Gasteiger partial charge in [0.15, 0.2) is 12.4 Å². The molecule has 1 saturated heterocycles. The molecule has 0 radical (unpaired) electrons. The molecular formula is C5H9NO3. The van der Waals surface area contributed by atoms with Crippen LogP contribution in [0.2, 0.25) is 0 Å². The molecule has 52 valence electrons. The van der Waals surface area contributed by atoms with E-state index < -0.39 is 6.10 Å². The second-order valence-corrected chi connectivity index (χ2v) is 1.76. The molecule has 1 aliphatic rings. The van der Waals surface area contributed by atoms with E-state index in [0.717, 1.165) is 6.29 Å². The monoisotopic (exact) mass is 131 g/mol. The number of hydroxylamine groups is 1. The molecule has 4 nitrogen and oxygen atoms in total. The van der Waals surface area contributed by atoms with Gasteiger partial charge < -0.3 is 9.53 Å². The minimum absolute atomic E-state index is 0.358. The number of carbonyl (C=O) groups excluding carboxylic acids is 1. The second kappa shape index (κ2) is 3.55. The summed E-state index contributed by atoms with van der Waals surface area (Å²) in [6.45, 7) is 1.60. The molecule has 1 aliphatic heterocycles. The summed E-state index contributed by atoms with van der Waals surface area (Å²) in [5.41, 5.74) is 2.59. The van der Waals surface area contributed by atoms with Gasteiger partial charge in [0.05, 0.1) is 13.2 Å². The Kier molecular flexibility index (Phi) is 2.63. The topological polar surface area (TPSA) is 47.6 Å². The van der Waals surface area contributed by atoms with E-state index in [4.69, 9.17) is 9.57 Å². The average Bonchev–Trinajstić information content (AvgIpc) is 2.13. The third-order valence-electron chi connectivity index (χ3n) is 1.02. The third kappa shape index (κ3) is 2.09. The summed E-state index contributed by atoms with van der Waals surface area (Å²) in [4.78, 5) is 14.9. The Balaban J connectivity index is 2.26. The number of rotatable bonds is 1. The van der Waals surface area contributed by atoms with Gasteiger partial charge in [-0.2, -0.15) is 5.48 Å². The first-order chi connectivity index (χ1) is 4.43. The number of hydrogen-bond acceptors (Lipinski definition) is 4. The number of carbonyl (C=O) groups is 1. The zero-order chi connectivity index (χ0) is 6.53. The Hall–Kier alpha value is -0.450. The molecule has 0 aromatic heterocycles. The van der Waals surface area contributed by atoms with Gasteiger partial charge in [-0.1, -0.05) is 0 Å². The maximum absolute atomic E-state index is 10.1. The molecule has 1 fully saturated rings. The first-order valence-corrected chi connectivity index (χ1v) is 2.85. The summed E-state index contributed by atoms with van der Waals surface area (Å²) in [5.74, 6) is 0. The number of hydrogen-bond donors (Lipinski definition) is 1. The summed E-state index contributed by atoms with van der Waals surface area (Å²) in [5, 5.41) is 0. The second-order valence-electron chi connectivity index (χ2n) is 1.76. The molecule has 1 atom stereocenters. The van der Waals surface area contributed by atoms with Gasteiger partial charge >= 0.3 is 0 Å². The van der Waals surface area contributed by atoms with Crippen LogP contribution >= 0.6 is 0 Å². The minimum Gasteiger partial charge on any atom is -0.377 e. The van der Waals surface area contributed by atoms with Gasteiger partial charge in [-0.25, -0.2) is 0 Å². The Morgan fingerprint density at radius 3 is 3.33 bits per heavy atom. The third-order valence-corrected chi connectivity index (χ3v) is 1.02. The molecule has 1 unspecified atom stereocenters. The summed E-state index contributed by atoms with van der Waals surface area (Å²) < 4.78 is 4.98. The molecule has 1 N–H and O–H groups in total. The van der Waals surface area contributed by atoms with E-state index in [1.54, 1.807) is 0 Å². The van der Waals surface area contributed by atoms with E-state index in [2.05, 4.69) is 5.48 Å². The van der Waals surface area contributed by atoms with Crippen LogP contribution in [-0.4, -0.2) is 32.1 Å². The zero-order valence-electron chi connectivity index (χ0n) is 5.00.